The number of carbonyl (C=O) groups excluding carboxylic acids is 1. The molecule has 4 nitrogen and oxygen atoms in total. The van der Waals surface area contributed by atoms with E-state index in [2.05, 4.69) is 17.2 Å². The van der Waals surface area contributed by atoms with Crippen LogP contribution in [-0.4, -0.2) is 22.5 Å². The van der Waals surface area contributed by atoms with E-state index in [1.165, 1.54) is 0 Å². The number of nitrogens with one attached hydrogen (secondary N) is 1. The summed E-state index contributed by atoms with van der Waals surface area (Å²) in [5.41, 5.74) is -0.519. The van der Waals surface area contributed by atoms with E-state index in [9.17, 15) is 14.7 Å². The maximum Gasteiger partial charge on any atom is 0.329 e. The molecule has 1 rings (SSSR count). The number of aliphatic carboxylic acids is 1. The first-order valence-corrected chi connectivity index (χ1v) is 6.16. The van der Waals surface area contributed by atoms with Crippen molar-refractivity contribution in [3.05, 3.63) is 35.9 Å². The Morgan fingerprint density at radius 1 is 1.21 bits per heavy atom. The molecule has 2 N–H and O–H groups in total. The molecular formula is C15H17NO3. The second-order valence-corrected chi connectivity index (χ2v) is 4.16. The highest BCUT2D eigenvalue weighted by Crippen LogP contribution is 2.15. The lowest BCUT2D eigenvalue weighted by Gasteiger charge is -2.26. The molecule has 0 saturated heterocycles. The third-order valence-electron chi connectivity index (χ3n) is 3.06. The van der Waals surface area contributed by atoms with Crippen LogP contribution in [-0.2, 0) is 9.59 Å². The molecule has 100 valence electrons. The molecule has 4 heteroatoms. The first-order chi connectivity index (χ1) is 9.04. The minimum atomic E-state index is -1.23. The Morgan fingerprint density at radius 2 is 1.79 bits per heavy atom. The van der Waals surface area contributed by atoms with Gasteiger partial charge in [-0.2, -0.15) is 0 Å². The molecule has 0 radical (unpaired) electrons. The topological polar surface area (TPSA) is 66.4 Å². The summed E-state index contributed by atoms with van der Waals surface area (Å²) in [6, 6.07) is 9.06. The summed E-state index contributed by atoms with van der Waals surface area (Å²) in [5, 5.41) is 11.7. The normalized spacial score (nSPS) is 10.2. The molecule has 0 heterocycles. The highest BCUT2D eigenvalue weighted by atomic mass is 16.4. The number of carboxylic acid groups (broad SMARTS) is 1. The quantitative estimate of drug-likeness (QED) is 0.810. The summed E-state index contributed by atoms with van der Waals surface area (Å²) in [5.74, 6) is 3.50. The molecule has 19 heavy (non-hydrogen) atoms. The zero-order valence-electron chi connectivity index (χ0n) is 11.1. The van der Waals surface area contributed by atoms with E-state index in [4.69, 9.17) is 0 Å². The van der Waals surface area contributed by atoms with Crippen molar-refractivity contribution in [1.29, 1.82) is 0 Å². The van der Waals surface area contributed by atoms with Crippen LogP contribution >= 0.6 is 0 Å². The third kappa shape index (κ3) is 3.85. The monoisotopic (exact) mass is 259 g/mol. The summed E-state index contributed by atoms with van der Waals surface area (Å²) >= 11 is 0. The summed E-state index contributed by atoms with van der Waals surface area (Å²) < 4.78 is 0. The predicted molar refractivity (Wildman–Crippen MR) is 72.4 cm³/mol. The average molecular weight is 259 g/mol. The van der Waals surface area contributed by atoms with Gasteiger partial charge in [-0.25, -0.2) is 4.79 Å². The van der Waals surface area contributed by atoms with E-state index in [-0.39, 0.29) is 0 Å². The molecule has 0 aliphatic heterocycles. The molecule has 1 aromatic carbocycles. The minimum absolute atomic E-state index is 0.317. The largest absolute Gasteiger partial charge is 0.480 e. The van der Waals surface area contributed by atoms with Crippen molar-refractivity contribution in [2.75, 3.05) is 0 Å². The zero-order valence-corrected chi connectivity index (χ0v) is 11.1. The molecule has 0 bridgehead atoms. The standard InChI is InChI=1S/C15H17NO3/c1-3-15(4-2,14(18)19)16-13(17)11-10-12-8-6-5-7-9-12/h5-9H,3-4H2,1-2H3,(H,16,17)(H,18,19). The highest BCUT2D eigenvalue weighted by Gasteiger charge is 2.35. The van der Waals surface area contributed by atoms with Crippen LogP contribution in [0.2, 0.25) is 0 Å². The van der Waals surface area contributed by atoms with Crippen molar-refractivity contribution in [3.8, 4) is 11.8 Å². The van der Waals surface area contributed by atoms with E-state index >= 15 is 0 Å². The minimum Gasteiger partial charge on any atom is -0.480 e. The summed E-state index contributed by atoms with van der Waals surface area (Å²) in [6.07, 6.45) is 0.634. The van der Waals surface area contributed by atoms with Crippen LogP contribution in [0.15, 0.2) is 30.3 Å². The Balaban J connectivity index is 2.80. The van der Waals surface area contributed by atoms with Gasteiger partial charge in [0, 0.05) is 11.5 Å². The Kier molecular flexibility index (Phi) is 5.13. The van der Waals surface area contributed by atoms with Gasteiger partial charge < -0.3 is 10.4 Å². The lowest BCUT2D eigenvalue weighted by Crippen LogP contribution is -2.53. The number of carboxylic acids is 1. The van der Waals surface area contributed by atoms with Gasteiger partial charge in [0.2, 0.25) is 0 Å². The number of benzene rings is 1. The van der Waals surface area contributed by atoms with Crippen LogP contribution < -0.4 is 5.32 Å². The number of carbonyl (C=O) groups is 2. The molecule has 0 aromatic heterocycles. The molecular weight excluding hydrogens is 242 g/mol. The van der Waals surface area contributed by atoms with E-state index < -0.39 is 17.4 Å². The van der Waals surface area contributed by atoms with Gasteiger partial charge in [-0.05, 0) is 25.0 Å². The van der Waals surface area contributed by atoms with Crippen LogP contribution in [0, 0.1) is 11.8 Å². The molecule has 0 atom stereocenters. The van der Waals surface area contributed by atoms with E-state index in [0.717, 1.165) is 0 Å². The van der Waals surface area contributed by atoms with E-state index in [0.29, 0.717) is 18.4 Å². The van der Waals surface area contributed by atoms with Gasteiger partial charge in [0.1, 0.15) is 5.54 Å². The van der Waals surface area contributed by atoms with Crippen LogP contribution in [0.1, 0.15) is 32.3 Å². The number of hydrogen-bond donors (Lipinski definition) is 2. The van der Waals surface area contributed by atoms with Gasteiger partial charge >= 0.3 is 5.97 Å². The summed E-state index contributed by atoms with van der Waals surface area (Å²) in [7, 11) is 0. The van der Waals surface area contributed by atoms with Crippen molar-refractivity contribution in [1.82, 2.24) is 5.32 Å². The van der Waals surface area contributed by atoms with Crippen LogP contribution in [0.4, 0.5) is 0 Å². The van der Waals surface area contributed by atoms with Gasteiger partial charge in [0.25, 0.3) is 5.91 Å². The van der Waals surface area contributed by atoms with Crippen LogP contribution in [0.3, 0.4) is 0 Å². The summed E-state index contributed by atoms with van der Waals surface area (Å²) in [6.45, 7) is 3.45. The zero-order chi connectivity index (χ0) is 14.3. The molecule has 0 saturated carbocycles. The smallest absolute Gasteiger partial charge is 0.329 e. The fourth-order valence-electron chi connectivity index (χ4n) is 1.68. The lowest BCUT2D eigenvalue weighted by atomic mass is 9.93. The molecule has 0 aliphatic carbocycles. The fourth-order valence-corrected chi connectivity index (χ4v) is 1.68. The van der Waals surface area contributed by atoms with E-state index in [1.54, 1.807) is 26.0 Å². The fraction of sp³-hybridized carbons (Fsp3) is 0.333. The van der Waals surface area contributed by atoms with Gasteiger partial charge in [-0.3, -0.25) is 4.79 Å². The second kappa shape index (κ2) is 6.60. The molecule has 1 amide bonds. The van der Waals surface area contributed by atoms with Crippen molar-refractivity contribution < 1.29 is 14.7 Å². The second-order valence-electron chi connectivity index (χ2n) is 4.16. The van der Waals surface area contributed by atoms with Gasteiger partial charge in [0.15, 0.2) is 0 Å². The first kappa shape index (κ1) is 14.8. The highest BCUT2D eigenvalue weighted by molar-refractivity contribution is 5.97. The number of rotatable bonds is 4. The number of amides is 1. The Bertz CT molecular complexity index is 507. The SMILES string of the molecule is CCC(CC)(NC(=O)C#Cc1ccccc1)C(=O)O. The van der Waals surface area contributed by atoms with Crippen LogP contribution in [0.5, 0.6) is 0 Å². The number of hydrogen-bond acceptors (Lipinski definition) is 2. The Hall–Kier alpha value is -2.28. The van der Waals surface area contributed by atoms with Crippen molar-refractivity contribution >= 4 is 11.9 Å². The summed E-state index contributed by atoms with van der Waals surface area (Å²) in [4.78, 5) is 22.9. The molecule has 0 aliphatic rings. The van der Waals surface area contributed by atoms with Crippen molar-refractivity contribution in [3.63, 3.8) is 0 Å². The Labute approximate surface area is 112 Å². The van der Waals surface area contributed by atoms with Crippen molar-refractivity contribution in [2.45, 2.75) is 32.2 Å². The third-order valence-corrected chi connectivity index (χ3v) is 3.06. The average Bonchev–Trinajstić information content (AvgIpc) is 2.43. The molecule has 1 aromatic rings. The predicted octanol–water partition coefficient (Wildman–Crippen LogP) is 1.80. The van der Waals surface area contributed by atoms with Crippen LogP contribution in [0.25, 0.3) is 0 Å². The van der Waals surface area contributed by atoms with Gasteiger partial charge in [0.05, 0.1) is 0 Å². The van der Waals surface area contributed by atoms with E-state index in [1.807, 2.05) is 18.2 Å². The first-order valence-electron chi connectivity index (χ1n) is 6.16. The molecule has 0 fully saturated rings. The lowest BCUT2D eigenvalue weighted by molar-refractivity contribution is -0.147. The molecule has 0 unspecified atom stereocenters. The van der Waals surface area contributed by atoms with Gasteiger partial charge in [-0.1, -0.05) is 38.0 Å². The van der Waals surface area contributed by atoms with Gasteiger partial charge in [-0.15, -0.1) is 0 Å². The molecule has 0 spiro atoms. The Morgan fingerprint density at radius 3 is 2.26 bits per heavy atom. The van der Waals surface area contributed by atoms with Crippen molar-refractivity contribution in [2.24, 2.45) is 0 Å². The maximum atomic E-state index is 11.7. The maximum absolute atomic E-state index is 11.7.